The molecule has 0 saturated carbocycles. The fourth-order valence-electron chi connectivity index (χ4n) is 2.37. The Morgan fingerprint density at radius 2 is 2.17 bits per heavy atom. The van der Waals surface area contributed by atoms with Gasteiger partial charge in [0, 0.05) is 17.8 Å². The van der Waals surface area contributed by atoms with Crippen molar-refractivity contribution in [2.75, 3.05) is 32.6 Å². The van der Waals surface area contributed by atoms with E-state index in [9.17, 15) is 0 Å². The normalized spacial score (nSPS) is 21.4. The van der Waals surface area contributed by atoms with Crippen LogP contribution in [0.1, 0.15) is 19.3 Å². The Kier molecular flexibility index (Phi) is 4.72. The van der Waals surface area contributed by atoms with Crippen LogP contribution in [0.3, 0.4) is 0 Å². The van der Waals surface area contributed by atoms with Crippen LogP contribution in [0.4, 0.5) is 5.69 Å². The van der Waals surface area contributed by atoms with E-state index >= 15 is 0 Å². The van der Waals surface area contributed by atoms with E-state index in [1.807, 2.05) is 18.2 Å². The highest BCUT2D eigenvalue weighted by atomic mass is 35.5. The van der Waals surface area contributed by atoms with Gasteiger partial charge in [-0.1, -0.05) is 11.6 Å². The van der Waals surface area contributed by atoms with E-state index < -0.39 is 0 Å². The van der Waals surface area contributed by atoms with E-state index in [0.717, 1.165) is 18.0 Å². The van der Waals surface area contributed by atoms with Crippen molar-refractivity contribution in [2.24, 2.45) is 0 Å². The minimum Gasteiger partial charge on any atom is -0.495 e. The second-order valence-corrected chi connectivity index (χ2v) is 5.33. The number of benzene rings is 1. The number of rotatable bonds is 3. The summed E-state index contributed by atoms with van der Waals surface area (Å²) in [6.45, 7) is 2.35. The fourth-order valence-corrected chi connectivity index (χ4v) is 2.56. The van der Waals surface area contributed by atoms with Crippen LogP contribution in [0.25, 0.3) is 0 Å². The number of nitrogens with zero attached hydrogens (tertiary/aromatic N) is 1. The average Bonchev–Trinajstić information content (AvgIpc) is 2.57. The molecular weight excluding hydrogens is 248 g/mol. The molecule has 1 aromatic rings. The Morgan fingerprint density at radius 3 is 2.94 bits per heavy atom. The lowest BCUT2D eigenvalue weighted by atomic mass is 10.1. The smallest absolute Gasteiger partial charge is 0.139 e. The fraction of sp³-hybridized carbons (Fsp3) is 0.571. The van der Waals surface area contributed by atoms with E-state index in [4.69, 9.17) is 16.3 Å². The van der Waals surface area contributed by atoms with Crippen molar-refractivity contribution >= 4 is 17.3 Å². The summed E-state index contributed by atoms with van der Waals surface area (Å²) in [4.78, 5) is 2.39. The third-order valence-corrected chi connectivity index (χ3v) is 3.79. The second kappa shape index (κ2) is 6.30. The molecule has 18 heavy (non-hydrogen) atoms. The molecule has 4 heteroatoms. The van der Waals surface area contributed by atoms with Crippen molar-refractivity contribution in [1.29, 1.82) is 0 Å². The first-order valence-electron chi connectivity index (χ1n) is 6.47. The van der Waals surface area contributed by atoms with Crippen LogP contribution < -0.4 is 10.1 Å². The van der Waals surface area contributed by atoms with Gasteiger partial charge in [-0.15, -0.1) is 0 Å². The van der Waals surface area contributed by atoms with Gasteiger partial charge in [-0.3, -0.25) is 0 Å². The minimum atomic E-state index is 0.542. The quantitative estimate of drug-likeness (QED) is 0.911. The number of ether oxygens (including phenoxy) is 1. The van der Waals surface area contributed by atoms with Gasteiger partial charge in [-0.25, -0.2) is 0 Å². The summed E-state index contributed by atoms with van der Waals surface area (Å²) in [5.41, 5.74) is 1.09. The average molecular weight is 269 g/mol. The lowest BCUT2D eigenvalue weighted by Gasteiger charge is -2.18. The summed E-state index contributed by atoms with van der Waals surface area (Å²) < 4.78 is 5.24. The molecule has 0 aromatic heterocycles. The molecule has 0 aliphatic carbocycles. The van der Waals surface area contributed by atoms with E-state index in [0.29, 0.717) is 11.1 Å². The highest BCUT2D eigenvalue weighted by Crippen LogP contribution is 2.28. The second-order valence-electron chi connectivity index (χ2n) is 4.92. The van der Waals surface area contributed by atoms with Crippen molar-refractivity contribution in [2.45, 2.75) is 25.3 Å². The zero-order chi connectivity index (χ0) is 13.0. The number of anilines is 1. The molecule has 1 fully saturated rings. The molecule has 0 bridgehead atoms. The largest absolute Gasteiger partial charge is 0.495 e. The number of methoxy groups -OCH3 is 1. The number of hydrogen-bond donors (Lipinski definition) is 1. The monoisotopic (exact) mass is 268 g/mol. The molecule has 0 radical (unpaired) electrons. The van der Waals surface area contributed by atoms with E-state index in [2.05, 4.69) is 17.3 Å². The summed E-state index contributed by atoms with van der Waals surface area (Å²) in [7, 11) is 3.83. The van der Waals surface area contributed by atoms with E-state index in [-0.39, 0.29) is 0 Å². The molecule has 1 aromatic carbocycles. The molecule has 1 aliphatic heterocycles. The third kappa shape index (κ3) is 3.53. The van der Waals surface area contributed by atoms with Gasteiger partial charge in [0.1, 0.15) is 5.75 Å². The Bertz CT molecular complexity index is 397. The maximum absolute atomic E-state index is 6.02. The summed E-state index contributed by atoms with van der Waals surface area (Å²) in [5, 5.41) is 4.23. The molecular formula is C14H21ClN2O. The van der Waals surface area contributed by atoms with Crippen molar-refractivity contribution in [1.82, 2.24) is 4.90 Å². The first-order valence-corrected chi connectivity index (χ1v) is 6.85. The lowest BCUT2D eigenvalue weighted by molar-refractivity contribution is 0.348. The molecule has 1 atom stereocenters. The van der Waals surface area contributed by atoms with Crippen LogP contribution >= 0.6 is 11.6 Å². The summed E-state index contributed by atoms with van der Waals surface area (Å²) in [6, 6.07) is 6.41. The Morgan fingerprint density at radius 1 is 1.33 bits per heavy atom. The Balaban J connectivity index is 2.00. The molecule has 100 valence electrons. The van der Waals surface area contributed by atoms with Gasteiger partial charge in [0.15, 0.2) is 0 Å². The van der Waals surface area contributed by atoms with Crippen LogP contribution in [0.15, 0.2) is 18.2 Å². The van der Waals surface area contributed by atoms with Crippen molar-refractivity contribution in [3.05, 3.63) is 23.2 Å². The zero-order valence-electron chi connectivity index (χ0n) is 11.1. The molecule has 3 nitrogen and oxygen atoms in total. The SMILES string of the molecule is COc1cc(NC2CCCN(C)CC2)ccc1Cl. The molecule has 1 unspecified atom stereocenters. The topological polar surface area (TPSA) is 24.5 Å². The van der Waals surface area contributed by atoms with Crippen LogP contribution in [0.5, 0.6) is 5.75 Å². The summed E-state index contributed by atoms with van der Waals surface area (Å²) >= 11 is 6.02. The number of likely N-dealkylation sites (tertiary alicyclic amines) is 1. The lowest BCUT2D eigenvalue weighted by Crippen LogP contribution is -2.22. The van der Waals surface area contributed by atoms with Gasteiger partial charge < -0.3 is 15.0 Å². The molecule has 2 rings (SSSR count). The molecule has 1 N–H and O–H groups in total. The number of nitrogens with one attached hydrogen (secondary N) is 1. The van der Waals surface area contributed by atoms with Crippen molar-refractivity contribution in [3.8, 4) is 5.75 Å². The van der Waals surface area contributed by atoms with Crippen LogP contribution in [-0.4, -0.2) is 38.2 Å². The zero-order valence-corrected chi connectivity index (χ0v) is 11.8. The summed E-state index contributed by atoms with van der Waals surface area (Å²) in [6.07, 6.45) is 3.65. The highest BCUT2D eigenvalue weighted by molar-refractivity contribution is 6.32. The molecule has 1 aliphatic rings. The van der Waals surface area contributed by atoms with Crippen molar-refractivity contribution < 1.29 is 4.74 Å². The summed E-state index contributed by atoms with van der Waals surface area (Å²) in [5.74, 6) is 0.729. The van der Waals surface area contributed by atoms with Crippen LogP contribution in [-0.2, 0) is 0 Å². The highest BCUT2D eigenvalue weighted by Gasteiger charge is 2.14. The van der Waals surface area contributed by atoms with Crippen LogP contribution in [0.2, 0.25) is 5.02 Å². The van der Waals surface area contributed by atoms with Gasteiger partial charge in [-0.05, 0) is 51.5 Å². The van der Waals surface area contributed by atoms with Gasteiger partial charge in [0.05, 0.1) is 12.1 Å². The number of hydrogen-bond acceptors (Lipinski definition) is 3. The minimum absolute atomic E-state index is 0.542. The molecule has 0 spiro atoms. The van der Waals surface area contributed by atoms with Crippen molar-refractivity contribution in [3.63, 3.8) is 0 Å². The predicted molar refractivity (Wildman–Crippen MR) is 76.8 cm³/mol. The standard InChI is InChI=1S/C14H21ClN2O/c1-17-8-3-4-11(7-9-17)16-12-5-6-13(15)14(10-12)18-2/h5-6,10-11,16H,3-4,7-9H2,1-2H3. The molecule has 0 amide bonds. The van der Waals surface area contributed by atoms with Crippen LogP contribution in [0, 0.1) is 0 Å². The van der Waals surface area contributed by atoms with E-state index in [1.165, 1.54) is 25.8 Å². The van der Waals surface area contributed by atoms with Gasteiger partial charge in [0.25, 0.3) is 0 Å². The van der Waals surface area contributed by atoms with Gasteiger partial charge in [-0.2, -0.15) is 0 Å². The third-order valence-electron chi connectivity index (χ3n) is 3.47. The predicted octanol–water partition coefficient (Wildman–Crippen LogP) is 3.24. The van der Waals surface area contributed by atoms with Gasteiger partial charge in [0.2, 0.25) is 0 Å². The van der Waals surface area contributed by atoms with E-state index in [1.54, 1.807) is 7.11 Å². The maximum Gasteiger partial charge on any atom is 0.139 e. The molecule has 1 saturated heterocycles. The first-order chi connectivity index (χ1) is 8.69. The Hall–Kier alpha value is -0.930. The first kappa shape index (κ1) is 13.5. The number of halogens is 1. The van der Waals surface area contributed by atoms with Gasteiger partial charge >= 0.3 is 0 Å². The maximum atomic E-state index is 6.02. The molecule has 1 heterocycles. The Labute approximate surface area is 114 Å².